The maximum Gasteiger partial charge on any atom is 0.354 e. The average molecular weight is 475 g/mol. The third kappa shape index (κ3) is 6.06. The molecule has 1 aliphatic carbocycles. The molecule has 3 unspecified atom stereocenters. The fourth-order valence-electron chi connectivity index (χ4n) is 3.28. The molecule has 3 atom stereocenters. The van der Waals surface area contributed by atoms with Gasteiger partial charge in [-0.3, -0.25) is 0 Å². The molecule has 1 heterocycles. The van der Waals surface area contributed by atoms with Crippen LogP contribution >= 0.6 is 23.5 Å². The first kappa shape index (κ1) is 25.3. The highest BCUT2D eigenvalue weighted by atomic mass is 32.3. The van der Waals surface area contributed by atoms with Gasteiger partial charge in [-0.05, 0) is 49.5 Å². The van der Waals surface area contributed by atoms with Crippen LogP contribution < -0.4 is 15.8 Å². The molecule has 2 rings (SSSR count). The minimum atomic E-state index is -3.43. The van der Waals surface area contributed by atoms with Gasteiger partial charge in [-0.15, -0.1) is 4.36 Å². The highest BCUT2D eigenvalue weighted by Crippen LogP contribution is 2.37. The third-order valence-corrected chi connectivity index (χ3v) is 9.33. The predicted molar refractivity (Wildman–Crippen MR) is 129 cm³/mol. The van der Waals surface area contributed by atoms with Crippen molar-refractivity contribution in [3.8, 4) is 0 Å². The van der Waals surface area contributed by atoms with Crippen LogP contribution in [0.5, 0.6) is 0 Å². The van der Waals surface area contributed by atoms with Crippen molar-refractivity contribution in [1.82, 2.24) is 10.6 Å². The van der Waals surface area contributed by atoms with E-state index in [1.54, 1.807) is 25.6 Å². The minimum absolute atomic E-state index is 0.219. The van der Waals surface area contributed by atoms with Crippen LogP contribution in [0.2, 0.25) is 0 Å². The monoisotopic (exact) mass is 474 g/mol. The lowest BCUT2D eigenvalue weighted by Crippen LogP contribution is -2.39. The van der Waals surface area contributed by atoms with Crippen molar-refractivity contribution in [1.29, 1.82) is 0 Å². The Hall–Kier alpha value is -0.940. The van der Waals surface area contributed by atoms with E-state index in [9.17, 15) is 14.1 Å². The molecule has 30 heavy (non-hydrogen) atoms. The van der Waals surface area contributed by atoms with E-state index in [0.717, 1.165) is 35.0 Å². The normalized spacial score (nSPS) is 24.4. The first-order valence-electron chi connectivity index (χ1n) is 9.95. The van der Waals surface area contributed by atoms with E-state index in [1.165, 1.54) is 6.20 Å². The van der Waals surface area contributed by atoms with Crippen molar-refractivity contribution in [2.45, 2.75) is 64.2 Å². The van der Waals surface area contributed by atoms with E-state index in [1.807, 2.05) is 0 Å². The number of aliphatic hydroxyl groups is 1. The number of amides is 2. The summed E-state index contributed by atoms with van der Waals surface area (Å²) in [4.78, 5) is 12.7. The molecule has 0 spiro atoms. The fraction of sp³-hybridized carbons (Fsp3) is 0.650. The van der Waals surface area contributed by atoms with E-state index < -0.39 is 26.9 Å². The number of urea groups is 1. The number of nitrogens with one attached hydrogen (secondary N) is 2. The summed E-state index contributed by atoms with van der Waals surface area (Å²) in [5.74, 6) is 0.473. The molecule has 0 radical (unpaired) electrons. The molecular formula is C20H34N4O3S3. The highest BCUT2D eigenvalue weighted by molar-refractivity contribution is 8.19. The number of hydrogen-bond donors (Lipinski definition) is 4. The summed E-state index contributed by atoms with van der Waals surface area (Å²) < 4.78 is 17.0. The van der Waals surface area contributed by atoms with Crippen molar-refractivity contribution in [2.24, 2.45) is 21.3 Å². The van der Waals surface area contributed by atoms with Crippen molar-refractivity contribution >= 4 is 39.5 Å². The molecule has 0 bridgehead atoms. The Bertz CT molecular complexity index is 891. The zero-order valence-corrected chi connectivity index (χ0v) is 21.1. The average Bonchev–Trinajstić information content (AvgIpc) is 3.12. The Morgan fingerprint density at radius 2 is 2.03 bits per heavy atom. The van der Waals surface area contributed by atoms with Crippen molar-refractivity contribution < 1.29 is 14.1 Å². The molecule has 7 nitrogen and oxygen atoms in total. The van der Waals surface area contributed by atoms with Crippen LogP contribution in [-0.4, -0.2) is 37.8 Å². The van der Waals surface area contributed by atoms with E-state index >= 15 is 0 Å². The van der Waals surface area contributed by atoms with E-state index in [0.29, 0.717) is 5.25 Å². The highest BCUT2D eigenvalue weighted by Gasteiger charge is 2.34. The lowest BCUT2D eigenvalue weighted by atomic mass is 9.84. The molecule has 0 saturated heterocycles. The number of nitrogens with two attached hydrogens (primary N) is 1. The number of hydrogen-bond acceptors (Lipinski definition) is 6. The Balaban J connectivity index is 2.30. The Morgan fingerprint density at radius 3 is 2.50 bits per heavy atom. The molecule has 0 aromatic carbocycles. The quantitative estimate of drug-likeness (QED) is 0.464. The first-order chi connectivity index (χ1) is 13.8. The maximum atomic E-state index is 12.9. The van der Waals surface area contributed by atoms with Crippen molar-refractivity contribution in [3.05, 3.63) is 33.4 Å². The first-order valence-corrected chi connectivity index (χ1v) is 13.7. The SMILES string of the molecule is CSC1C=C(C(C)C)C(NC(=O)N=S(N)(=O)C2=CNC(C(C)(C)O)S2)=C(C(C)C)C1. The van der Waals surface area contributed by atoms with Crippen molar-refractivity contribution in [3.63, 3.8) is 0 Å². The van der Waals surface area contributed by atoms with Crippen LogP contribution in [0.3, 0.4) is 0 Å². The number of rotatable bonds is 6. The van der Waals surface area contributed by atoms with Crippen molar-refractivity contribution in [2.75, 3.05) is 6.26 Å². The minimum Gasteiger partial charge on any atom is -0.387 e. The van der Waals surface area contributed by atoms with Gasteiger partial charge in [0.1, 0.15) is 9.61 Å². The maximum absolute atomic E-state index is 12.9. The zero-order valence-electron chi connectivity index (χ0n) is 18.7. The standard InChI is InChI=1S/C20H34N4O3S3/c1-11(2)14-8-13(28-7)9-15(12(3)4)17(14)23-19(25)24-30(21,27)16-10-22-18(29-16)20(5,6)26/h8,10-13,18,22,26H,9H2,1-7H3,(H3,21,23,24,25,27). The Labute approximate surface area is 189 Å². The number of nitrogens with zero attached hydrogens (tertiary/aromatic N) is 1. The fourth-order valence-corrected chi connectivity index (χ4v) is 6.28. The van der Waals surface area contributed by atoms with E-state index in [4.69, 9.17) is 5.14 Å². The largest absolute Gasteiger partial charge is 0.387 e. The molecule has 0 aromatic rings. The number of carbonyl (C=O) groups excluding carboxylic acids is 1. The van der Waals surface area contributed by atoms with Gasteiger partial charge in [-0.1, -0.05) is 45.5 Å². The summed E-state index contributed by atoms with van der Waals surface area (Å²) >= 11 is 2.91. The molecular weight excluding hydrogens is 440 g/mol. The summed E-state index contributed by atoms with van der Waals surface area (Å²) in [6, 6.07) is -0.724. The number of thioether (sulfide) groups is 2. The van der Waals surface area contributed by atoms with Gasteiger partial charge < -0.3 is 15.7 Å². The van der Waals surface area contributed by atoms with E-state index in [2.05, 4.69) is 55.0 Å². The summed E-state index contributed by atoms with van der Waals surface area (Å²) in [5, 5.41) is 21.8. The van der Waals surface area contributed by atoms with Crippen LogP contribution in [0.15, 0.2) is 37.7 Å². The lowest BCUT2D eigenvalue weighted by molar-refractivity contribution is 0.0731. The van der Waals surface area contributed by atoms with Gasteiger partial charge in [0.25, 0.3) is 0 Å². The summed E-state index contributed by atoms with van der Waals surface area (Å²) in [7, 11) is -3.43. The Morgan fingerprint density at radius 1 is 1.40 bits per heavy atom. The van der Waals surface area contributed by atoms with Gasteiger partial charge >= 0.3 is 6.03 Å². The number of allylic oxidation sites excluding steroid dienone is 2. The van der Waals surface area contributed by atoms with Gasteiger partial charge in [0, 0.05) is 17.1 Å². The van der Waals surface area contributed by atoms with Crippen LogP contribution in [0.4, 0.5) is 4.79 Å². The molecule has 1 aliphatic heterocycles. The van der Waals surface area contributed by atoms with E-state index in [-0.39, 0.29) is 16.1 Å². The van der Waals surface area contributed by atoms with Crippen LogP contribution in [0.25, 0.3) is 0 Å². The predicted octanol–water partition coefficient (Wildman–Crippen LogP) is 3.90. The van der Waals surface area contributed by atoms with Gasteiger partial charge in [0.15, 0.2) is 9.92 Å². The van der Waals surface area contributed by atoms with Gasteiger partial charge in [-0.2, -0.15) is 11.8 Å². The summed E-state index contributed by atoms with van der Waals surface area (Å²) in [5.41, 5.74) is 1.94. The lowest BCUT2D eigenvalue weighted by Gasteiger charge is -2.30. The van der Waals surface area contributed by atoms with Crippen LogP contribution in [-0.2, 0) is 9.92 Å². The summed E-state index contributed by atoms with van der Waals surface area (Å²) in [6.45, 7) is 11.7. The van der Waals surface area contributed by atoms with Gasteiger partial charge in [0.05, 0.1) is 5.60 Å². The molecule has 0 aromatic heterocycles. The van der Waals surface area contributed by atoms with Crippen LogP contribution in [0.1, 0.15) is 48.0 Å². The molecule has 10 heteroatoms. The molecule has 5 N–H and O–H groups in total. The van der Waals surface area contributed by atoms with Crippen LogP contribution in [0, 0.1) is 11.8 Å². The smallest absolute Gasteiger partial charge is 0.354 e. The summed E-state index contributed by atoms with van der Waals surface area (Å²) in [6.07, 6.45) is 6.60. The second-order valence-corrected chi connectivity index (χ2v) is 12.9. The molecule has 0 fully saturated rings. The molecule has 0 saturated carbocycles. The molecule has 2 amide bonds. The Kier molecular flexibility index (Phi) is 8.17. The number of carbonyl (C=O) groups is 1. The van der Waals surface area contributed by atoms with Gasteiger partial charge in [0.2, 0.25) is 0 Å². The zero-order chi connectivity index (χ0) is 22.9. The molecule has 170 valence electrons. The van der Waals surface area contributed by atoms with Gasteiger partial charge in [-0.25, -0.2) is 14.1 Å². The second-order valence-electron chi connectivity index (χ2n) is 8.68. The topological polar surface area (TPSA) is 117 Å². The third-order valence-electron chi connectivity index (χ3n) is 4.98. The molecule has 2 aliphatic rings. The second kappa shape index (κ2) is 9.68.